The molecule has 2 saturated heterocycles. The fraction of sp³-hybridized carbons (Fsp3) is 0.444. The number of aromatic nitrogens is 2. The third-order valence-corrected chi connectivity index (χ3v) is 5.11. The second-order valence-electron chi connectivity index (χ2n) is 7.11. The van der Waals surface area contributed by atoms with Crippen molar-refractivity contribution in [2.75, 3.05) is 0 Å². The Hall–Kier alpha value is -2.12. The minimum absolute atomic E-state index is 0.0953. The molecule has 0 saturated carbocycles. The predicted molar refractivity (Wildman–Crippen MR) is 88.0 cm³/mol. The molecule has 2 unspecified atom stereocenters. The van der Waals surface area contributed by atoms with E-state index in [9.17, 15) is 18.7 Å². The lowest BCUT2D eigenvalue weighted by Gasteiger charge is -2.37. The Morgan fingerprint density at radius 3 is 2.56 bits per heavy atom. The highest BCUT2D eigenvalue weighted by Gasteiger charge is 2.42. The Bertz CT molecular complexity index is 856. The van der Waals surface area contributed by atoms with Crippen molar-refractivity contribution in [1.29, 1.82) is 0 Å². The summed E-state index contributed by atoms with van der Waals surface area (Å²) in [6, 6.07) is 6.84. The van der Waals surface area contributed by atoms with E-state index in [-0.39, 0.29) is 24.2 Å². The Labute approximate surface area is 143 Å². The van der Waals surface area contributed by atoms with E-state index in [1.54, 1.807) is 0 Å². The van der Waals surface area contributed by atoms with Crippen LogP contribution in [0.1, 0.15) is 25.7 Å². The Kier molecular flexibility index (Phi) is 3.92. The Morgan fingerprint density at radius 1 is 1.16 bits per heavy atom. The summed E-state index contributed by atoms with van der Waals surface area (Å²) in [6.45, 7) is 0.0953. The number of rotatable bonds is 3. The summed E-state index contributed by atoms with van der Waals surface area (Å²) in [5, 5.41) is 18.6. The first-order chi connectivity index (χ1) is 11.9. The number of hydrogen-bond donors (Lipinski definition) is 2. The van der Waals surface area contributed by atoms with Gasteiger partial charge in [-0.15, -0.1) is 0 Å². The van der Waals surface area contributed by atoms with Gasteiger partial charge in [0.05, 0.1) is 17.8 Å². The van der Waals surface area contributed by atoms with Gasteiger partial charge in [-0.3, -0.25) is 4.79 Å². The lowest BCUT2D eigenvalue weighted by molar-refractivity contribution is -0.0249. The van der Waals surface area contributed by atoms with Crippen molar-refractivity contribution in [2.45, 2.75) is 49.9 Å². The fourth-order valence-electron chi connectivity index (χ4n) is 4.00. The molecule has 4 rings (SSSR count). The number of halogens is 2. The molecule has 0 aliphatic carbocycles. The van der Waals surface area contributed by atoms with Gasteiger partial charge in [-0.25, -0.2) is 13.5 Å². The van der Waals surface area contributed by atoms with Crippen LogP contribution in [0.4, 0.5) is 8.78 Å². The van der Waals surface area contributed by atoms with E-state index in [2.05, 4.69) is 10.4 Å². The number of piperidine rings is 1. The van der Waals surface area contributed by atoms with Crippen LogP contribution in [0.15, 0.2) is 35.1 Å². The van der Waals surface area contributed by atoms with E-state index in [4.69, 9.17) is 0 Å². The van der Waals surface area contributed by atoms with Gasteiger partial charge < -0.3 is 10.4 Å². The van der Waals surface area contributed by atoms with Crippen LogP contribution in [0.5, 0.6) is 0 Å². The molecule has 5 nitrogen and oxygen atoms in total. The summed E-state index contributed by atoms with van der Waals surface area (Å²) in [4.78, 5) is 12.2. The van der Waals surface area contributed by atoms with Crippen LogP contribution in [0.3, 0.4) is 0 Å². The highest BCUT2D eigenvalue weighted by Crippen LogP contribution is 2.34. The molecule has 1 aromatic heterocycles. The smallest absolute Gasteiger partial charge is 0.266 e. The predicted octanol–water partition coefficient (Wildman–Crippen LogP) is 1.83. The number of benzene rings is 1. The van der Waals surface area contributed by atoms with Crippen molar-refractivity contribution in [2.24, 2.45) is 0 Å². The maximum Gasteiger partial charge on any atom is 0.266 e. The minimum Gasteiger partial charge on any atom is -0.388 e. The minimum atomic E-state index is -0.986. The van der Waals surface area contributed by atoms with Crippen LogP contribution in [0.2, 0.25) is 0 Å². The van der Waals surface area contributed by atoms with Crippen LogP contribution in [0, 0.1) is 11.6 Å². The summed E-state index contributed by atoms with van der Waals surface area (Å²) < 4.78 is 27.8. The summed E-state index contributed by atoms with van der Waals surface area (Å²) in [7, 11) is 0. The van der Waals surface area contributed by atoms with Crippen LogP contribution < -0.4 is 10.9 Å². The van der Waals surface area contributed by atoms with E-state index < -0.39 is 17.2 Å². The maximum absolute atomic E-state index is 13.5. The highest BCUT2D eigenvalue weighted by atomic mass is 19.2. The summed E-state index contributed by atoms with van der Waals surface area (Å²) in [6.07, 6.45) is 3.22. The summed E-state index contributed by atoms with van der Waals surface area (Å²) >= 11 is 0. The molecule has 2 fully saturated rings. The molecule has 0 spiro atoms. The molecule has 2 atom stereocenters. The normalized spacial score (nSPS) is 28.3. The molecule has 2 bridgehead atoms. The zero-order valence-electron chi connectivity index (χ0n) is 13.6. The zero-order chi connectivity index (χ0) is 17.6. The quantitative estimate of drug-likeness (QED) is 0.889. The van der Waals surface area contributed by atoms with Crippen molar-refractivity contribution in [3.63, 3.8) is 0 Å². The van der Waals surface area contributed by atoms with Crippen molar-refractivity contribution >= 4 is 0 Å². The van der Waals surface area contributed by atoms with E-state index >= 15 is 0 Å². The van der Waals surface area contributed by atoms with Gasteiger partial charge in [0.1, 0.15) is 0 Å². The van der Waals surface area contributed by atoms with Crippen LogP contribution in [-0.2, 0) is 6.54 Å². The molecule has 0 amide bonds. The third-order valence-electron chi connectivity index (χ3n) is 5.11. The van der Waals surface area contributed by atoms with Gasteiger partial charge in [-0.2, -0.15) is 5.10 Å². The fourth-order valence-corrected chi connectivity index (χ4v) is 4.00. The van der Waals surface area contributed by atoms with Crippen molar-refractivity contribution in [1.82, 2.24) is 15.1 Å². The first-order valence-electron chi connectivity index (χ1n) is 8.44. The number of hydrogen-bond acceptors (Lipinski definition) is 4. The molecule has 2 aliphatic heterocycles. The monoisotopic (exact) mass is 347 g/mol. The van der Waals surface area contributed by atoms with Gasteiger partial charge in [-0.1, -0.05) is 0 Å². The first kappa shape index (κ1) is 16.4. The molecule has 3 heterocycles. The molecule has 1 aromatic carbocycles. The third kappa shape index (κ3) is 3.21. The lowest BCUT2D eigenvalue weighted by Crippen LogP contribution is -2.51. The highest BCUT2D eigenvalue weighted by molar-refractivity contribution is 5.58. The second-order valence-corrected chi connectivity index (χ2v) is 7.11. The van der Waals surface area contributed by atoms with Gasteiger partial charge in [0.25, 0.3) is 5.56 Å². The Balaban J connectivity index is 1.64. The molecule has 2 N–H and O–H groups in total. The molecular formula is C18H19F2N3O2. The number of nitrogens with one attached hydrogen (secondary N) is 1. The number of fused-ring (bicyclic) bond motifs is 2. The molecule has 2 aromatic rings. The van der Waals surface area contributed by atoms with Gasteiger partial charge in [-0.05, 0) is 49.9 Å². The summed E-state index contributed by atoms with van der Waals surface area (Å²) in [5.74, 6) is -1.90. The van der Waals surface area contributed by atoms with Crippen molar-refractivity contribution in [3.05, 3.63) is 52.3 Å². The lowest BCUT2D eigenvalue weighted by atomic mass is 9.87. The molecule has 0 radical (unpaired) electrons. The van der Waals surface area contributed by atoms with Crippen molar-refractivity contribution < 1.29 is 13.9 Å². The maximum atomic E-state index is 13.5. The van der Waals surface area contributed by atoms with E-state index in [0.717, 1.165) is 25.0 Å². The van der Waals surface area contributed by atoms with Gasteiger partial charge in [0.2, 0.25) is 0 Å². The largest absolute Gasteiger partial charge is 0.388 e. The molecular weight excluding hydrogens is 328 g/mol. The van der Waals surface area contributed by atoms with Crippen LogP contribution >= 0.6 is 0 Å². The van der Waals surface area contributed by atoms with Gasteiger partial charge in [0.15, 0.2) is 11.6 Å². The van der Waals surface area contributed by atoms with Gasteiger partial charge >= 0.3 is 0 Å². The number of nitrogens with zero attached hydrogens (tertiary/aromatic N) is 2. The average molecular weight is 347 g/mol. The second kappa shape index (κ2) is 6.00. The molecule has 132 valence electrons. The van der Waals surface area contributed by atoms with Gasteiger partial charge in [0, 0.05) is 23.7 Å². The van der Waals surface area contributed by atoms with E-state index in [0.29, 0.717) is 24.1 Å². The Morgan fingerprint density at radius 2 is 1.88 bits per heavy atom. The molecule has 7 heteroatoms. The molecule has 2 aliphatic rings. The van der Waals surface area contributed by atoms with E-state index in [1.165, 1.54) is 22.9 Å². The topological polar surface area (TPSA) is 67.2 Å². The van der Waals surface area contributed by atoms with Crippen LogP contribution in [-0.4, -0.2) is 32.6 Å². The van der Waals surface area contributed by atoms with Crippen molar-refractivity contribution in [3.8, 4) is 11.3 Å². The number of aliphatic hydroxyl groups is 1. The average Bonchev–Trinajstić information content (AvgIpc) is 2.91. The SMILES string of the molecule is O=c1ccc(-c2ccc(F)c(F)c2)nn1CC1(O)CC2CCC(C1)N2. The molecule has 25 heavy (non-hydrogen) atoms. The van der Waals surface area contributed by atoms with E-state index in [1.807, 2.05) is 0 Å². The standard InChI is InChI=1S/C18H19F2N3O2/c19-14-4-1-11(7-15(14)20)16-5-6-17(24)23(22-16)10-18(25)8-12-2-3-13(9-18)21-12/h1,4-7,12-13,21,25H,2-3,8-10H2. The van der Waals surface area contributed by atoms with Crippen LogP contribution in [0.25, 0.3) is 11.3 Å². The summed E-state index contributed by atoms with van der Waals surface area (Å²) in [5.41, 5.74) is -0.574. The zero-order valence-corrected chi connectivity index (χ0v) is 13.6. The first-order valence-corrected chi connectivity index (χ1v) is 8.44.